The van der Waals surface area contributed by atoms with Gasteiger partial charge in [0.2, 0.25) is 0 Å². The molecule has 3 atom stereocenters. The van der Waals surface area contributed by atoms with E-state index in [0.29, 0.717) is 19.1 Å². The van der Waals surface area contributed by atoms with Crippen molar-refractivity contribution in [3.8, 4) is 5.75 Å². The number of hydrogen-bond donors (Lipinski definition) is 0. The average molecular weight is 379 g/mol. The summed E-state index contributed by atoms with van der Waals surface area (Å²) < 4.78 is 11.6. The molecule has 4 rings (SSSR count). The Bertz CT molecular complexity index is 831. The minimum Gasteiger partial charge on any atom is -0.497 e. The molecule has 0 N–H and O–H groups in total. The Labute approximate surface area is 168 Å². The maximum Gasteiger partial charge on any atom is 0.130 e. The Morgan fingerprint density at radius 3 is 2.71 bits per heavy atom. The third-order valence-corrected chi connectivity index (χ3v) is 7.07. The van der Waals surface area contributed by atoms with Gasteiger partial charge in [0.15, 0.2) is 0 Å². The number of ether oxygens (including phenoxy) is 2. The van der Waals surface area contributed by atoms with Crippen molar-refractivity contribution < 1.29 is 14.3 Å². The van der Waals surface area contributed by atoms with Gasteiger partial charge in [-0.2, -0.15) is 0 Å². The third-order valence-electron chi connectivity index (χ3n) is 7.07. The van der Waals surface area contributed by atoms with Crippen LogP contribution in [0.4, 0.5) is 0 Å². The lowest BCUT2D eigenvalue weighted by Crippen LogP contribution is -2.53. The van der Waals surface area contributed by atoms with E-state index in [0.717, 1.165) is 37.9 Å². The fourth-order valence-electron chi connectivity index (χ4n) is 5.69. The topological polar surface area (TPSA) is 35.5 Å². The van der Waals surface area contributed by atoms with Crippen LogP contribution in [0.2, 0.25) is 0 Å². The standard InChI is InChI=1S/C25H30O3/c1-24(18-28-16-19-7-4-3-5-8-19)13-6-14-25(17-26)22-11-10-21(27-2)15-20(22)9-12-23(24)25/h3-5,7-8,10-11,15,17,23H,6,9,12-14,16,18H2,1-2H3/t23-,24+,25-/m1/s1. The van der Waals surface area contributed by atoms with Crippen LogP contribution in [0.1, 0.15) is 49.3 Å². The Kier molecular flexibility index (Phi) is 5.29. The van der Waals surface area contributed by atoms with Crippen molar-refractivity contribution >= 4 is 6.29 Å². The number of aryl methyl sites for hydroxylation is 1. The summed E-state index contributed by atoms with van der Waals surface area (Å²) in [6.45, 7) is 3.66. The van der Waals surface area contributed by atoms with Gasteiger partial charge in [-0.25, -0.2) is 0 Å². The molecule has 0 heterocycles. The third kappa shape index (κ3) is 3.26. The Hall–Kier alpha value is -2.13. The van der Waals surface area contributed by atoms with E-state index in [1.165, 1.54) is 23.0 Å². The van der Waals surface area contributed by atoms with Gasteiger partial charge in [0, 0.05) is 0 Å². The van der Waals surface area contributed by atoms with Crippen molar-refractivity contribution in [2.45, 2.75) is 51.0 Å². The van der Waals surface area contributed by atoms with Crippen molar-refractivity contribution in [3.63, 3.8) is 0 Å². The first-order chi connectivity index (χ1) is 13.6. The molecular formula is C25H30O3. The van der Waals surface area contributed by atoms with Crippen molar-refractivity contribution in [1.82, 2.24) is 0 Å². The first-order valence-electron chi connectivity index (χ1n) is 10.4. The first kappa shape index (κ1) is 19.2. The quantitative estimate of drug-likeness (QED) is 0.656. The maximum absolute atomic E-state index is 12.5. The van der Waals surface area contributed by atoms with Crippen LogP contribution in [-0.2, 0) is 28.0 Å². The molecule has 28 heavy (non-hydrogen) atoms. The molecule has 0 saturated heterocycles. The molecule has 0 spiro atoms. The number of rotatable bonds is 6. The highest BCUT2D eigenvalue weighted by molar-refractivity contribution is 5.72. The molecule has 0 radical (unpaired) electrons. The molecule has 0 aliphatic heterocycles. The summed E-state index contributed by atoms with van der Waals surface area (Å²) in [6, 6.07) is 16.6. The second kappa shape index (κ2) is 7.71. The number of methoxy groups -OCH3 is 1. The van der Waals surface area contributed by atoms with E-state index in [2.05, 4.69) is 31.2 Å². The molecule has 1 saturated carbocycles. The van der Waals surface area contributed by atoms with Crippen LogP contribution in [0.15, 0.2) is 48.5 Å². The number of carbonyl (C=O) groups excluding carboxylic acids is 1. The van der Waals surface area contributed by atoms with Gasteiger partial charge in [0.05, 0.1) is 25.7 Å². The van der Waals surface area contributed by atoms with Crippen LogP contribution < -0.4 is 4.74 Å². The van der Waals surface area contributed by atoms with Crippen LogP contribution in [0.3, 0.4) is 0 Å². The van der Waals surface area contributed by atoms with E-state index >= 15 is 0 Å². The van der Waals surface area contributed by atoms with E-state index < -0.39 is 0 Å². The normalized spacial score (nSPS) is 28.9. The molecule has 1 fully saturated rings. The van der Waals surface area contributed by atoms with Crippen LogP contribution in [-0.4, -0.2) is 20.0 Å². The SMILES string of the molecule is COc1ccc2c(c1)CC[C@@H]1[C@](C)(COCc3ccccc3)CCC[C@@]21C=O. The summed E-state index contributed by atoms with van der Waals surface area (Å²) >= 11 is 0. The molecule has 148 valence electrons. The lowest BCUT2D eigenvalue weighted by Gasteiger charge is -2.54. The second-order valence-electron chi connectivity index (χ2n) is 8.76. The van der Waals surface area contributed by atoms with Crippen molar-refractivity contribution in [2.75, 3.05) is 13.7 Å². The van der Waals surface area contributed by atoms with E-state index in [4.69, 9.17) is 9.47 Å². The van der Waals surface area contributed by atoms with Gasteiger partial charge in [0.1, 0.15) is 12.0 Å². The molecular weight excluding hydrogens is 348 g/mol. The predicted octanol–water partition coefficient (Wildman–Crippen LogP) is 5.10. The summed E-state index contributed by atoms with van der Waals surface area (Å²) in [4.78, 5) is 12.5. The number of benzene rings is 2. The summed E-state index contributed by atoms with van der Waals surface area (Å²) in [7, 11) is 1.70. The zero-order valence-corrected chi connectivity index (χ0v) is 16.9. The van der Waals surface area contributed by atoms with Crippen molar-refractivity contribution in [1.29, 1.82) is 0 Å². The van der Waals surface area contributed by atoms with Gasteiger partial charge < -0.3 is 14.3 Å². The van der Waals surface area contributed by atoms with Gasteiger partial charge in [-0.1, -0.05) is 49.7 Å². The Morgan fingerprint density at radius 2 is 1.96 bits per heavy atom. The fourth-order valence-corrected chi connectivity index (χ4v) is 5.69. The summed E-state index contributed by atoms with van der Waals surface area (Å²) in [5.74, 6) is 1.20. The molecule has 2 aliphatic rings. The number of carbonyl (C=O) groups is 1. The highest BCUT2D eigenvalue weighted by atomic mass is 16.5. The van der Waals surface area contributed by atoms with Crippen molar-refractivity contribution in [3.05, 3.63) is 65.2 Å². The molecule has 0 unspecified atom stereocenters. The number of aldehydes is 1. The van der Waals surface area contributed by atoms with E-state index in [-0.39, 0.29) is 10.8 Å². The Morgan fingerprint density at radius 1 is 1.14 bits per heavy atom. The summed E-state index contributed by atoms with van der Waals surface area (Å²) in [5.41, 5.74) is 3.32. The van der Waals surface area contributed by atoms with Gasteiger partial charge in [-0.3, -0.25) is 0 Å². The van der Waals surface area contributed by atoms with Crippen LogP contribution in [0.25, 0.3) is 0 Å². The lowest BCUT2D eigenvalue weighted by molar-refractivity contribution is -0.123. The molecule has 0 amide bonds. The van der Waals surface area contributed by atoms with E-state index in [9.17, 15) is 4.79 Å². The van der Waals surface area contributed by atoms with E-state index in [1.54, 1.807) is 7.11 Å². The molecule has 3 heteroatoms. The van der Waals surface area contributed by atoms with Gasteiger partial charge >= 0.3 is 0 Å². The van der Waals surface area contributed by atoms with Crippen LogP contribution in [0, 0.1) is 11.3 Å². The molecule has 3 nitrogen and oxygen atoms in total. The maximum atomic E-state index is 12.5. The number of fused-ring (bicyclic) bond motifs is 3. The van der Waals surface area contributed by atoms with Crippen LogP contribution >= 0.6 is 0 Å². The van der Waals surface area contributed by atoms with Crippen LogP contribution in [0.5, 0.6) is 5.75 Å². The van der Waals surface area contributed by atoms with Gasteiger partial charge in [0.25, 0.3) is 0 Å². The predicted molar refractivity (Wildman–Crippen MR) is 111 cm³/mol. The molecule has 0 bridgehead atoms. The summed E-state index contributed by atoms with van der Waals surface area (Å²) in [5, 5.41) is 0. The zero-order valence-electron chi connectivity index (χ0n) is 16.9. The number of hydrogen-bond acceptors (Lipinski definition) is 3. The minimum atomic E-state index is -0.386. The zero-order chi connectivity index (χ0) is 19.6. The molecule has 0 aromatic heterocycles. The van der Waals surface area contributed by atoms with Crippen molar-refractivity contribution in [2.24, 2.45) is 11.3 Å². The van der Waals surface area contributed by atoms with Gasteiger partial charge in [-0.05, 0) is 65.8 Å². The largest absolute Gasteiger partial charge is 0.497 e. The highest BCUT2D eigenvalue weighted by Crippen LogP contribution is 2.56. The molecule has 2 aromatic carbocycles. The highest BCUT2D eigenvalue weighted by Gasteiger charge is 2.54. The smallest absolute Gasteiger partial charge is 0.130 e. The molecule has 2 aliphatic carbocycles. The lowest BCUT2D eigenvalue weighted by atomic mass is 9.50. The average Bonchev–Trinajstić information content (AvgIpc) is 2.74. The molecule has 2 aromatic rings. The monoisotopic (exact) mass is 378 g/mol. The Balaban J connectivity index is 1.58. The first-order valence-corrected chi connectivity index (χ1v) is 10.4. The second-order valence-corrected chi connectivity index (χ2v) is 8.76. The van der Waals surface area contributed by atoms with Gasteiger partial charge in [-0.15, -0.1) is 0 Å². The van der Waals surface area contributed by atoms with E-state index in [1.807, 2.05) is 24.3 Å². The minimum absolute atomic E-state index is 0.0194. The summed E-state index contributed by atoms with van der Waals surface area (Å²) in [6.07, 6.45) is 6.40. The fraction of sp³-hybridized carbons (Fsp3) is 0.480.